The molecule has 0 spiro atoms. The minimum absolute atomic E-state index is 0.128. The Balaban J connectivity index is 2.02. The fourth-order valence-electron chi connectivity index (χ4n) is 2.53. The van der Waals surface area contributed by atoms with E-state index in [4.69, 9.17) is 11.6 Å². The normalized spacial score (nSPS) is 16.9. The van der Waals surface area contributed by atoms with Crippen molar-refractivity contribution in [3.63, 3.8) is 0 Å². The van der Waals surface area contributed by atoms with Crippen LogP contribution in [0.4, 0.5) is 4.39 Å². The summed E-state index contributed by atoms with van der Waals surface area (Å²) < 4.78 is 13.1. The number of halogens is 2. The zero-order valence-corrected chi connectivity index (χ0v) is 11.3. The van der Waals surface area contributed by atoms with Crippen LogP contribution in [0.1, 0.15) is 23.6 Å². The standard InChI is InChI=1S/C16H15ClFN/c17-15-5-2-1-4-14(15)16(19-10-3-11-19)12-6-8-13(18)9-7-12/h1-2,4-9,16H,3,10-11H2. The van der Waals surface area contributed by atoms with E-state index in [1.54, 1.807) is 0 Å². The van der Waals surface area contributed by atoms with Gasteiger partial charge in [-0.05, 0) is 35.7 Å². The first-order valence-electron chi connectivity index (χ1n) is 6.49. The predicted molar refractivity (Wildman–Crippen MR) is 75.9 cm³/mol. The van der Waals surface area contributed by atoms with Crippen LogP contribution in [0.5, 0.6) is 0 Å². The molecule has 3 heteroatoms. The van der Waals surface area contributed by atoms with Gasteiger partial charge in [-0.25, -0.2) is 4.39 Å². The highest BCUT2D eigenvalue weighted by Crippen LogP contribution is 2.35. The first-order valence-corrected chi connectivity index (χ1v) is 6.87. The summed E-state index contributed by atoms with van der Waals surface area (Å²) in [6.07, 6.45) is 1.21. The Morgan fingerprint density at radius 1 is 1.00 bits per heavy atom. The Morgan fingerprint density at radius 2 is 1.68 bits per heavy atom. The zero-order chi connectivity index (χ0) is 13.2. The van der Waals surface area contributed by atoms with Crippen LogP contribution in [0.25, 0.3) is 0 Å². The molecule has 1 aliphatic rings. The van der Waals surface area contributed by atoms with Crippen molar-refractivity contribution in [1.29, 1.82) is 0 Å². The van der Waals surface area contributed by atoms with Crippen LogP contribution in [-0.2, 0) is 0 Å². The van der Waals surface area contributed by atoms with E-state index in [1.807, 2.05) is 30.3 Å². The quantitative estimate of drug-likeness (QED) is 0.808. The smallest absolute Gasteiger partial charge is 0.123 e. The summed E-state index contributed by atoms with van der Waals surface area (Å²) in [6, 6.07) is 14.7. The van der Waals surface area contributed by atoms with Gasteiger partial charge in [-0.3, -0.25) is 4.90 Å². The lowest BCUT2D eigenvalue weighted by atomic mass is 9.94. The summed E-state index contributed by atoms with van der Waals surface area (Å²) in [4.78, 5) is 2.37. The zero-order valence-electron chi connectivity index (χ0n) is 10.5. The maximum Gasteiger partial charge on any atom is 0.123 e. The summed E-state index contributed by atoms with van der Waals surface area (Å²) in [5.74, 6) is -0.203. The summed E-state index contributed by atoms with van der Waals surface area (Å²) in [5.41, 5.74) is 2.18. The fourth-order valence-corrected chi connectivity index (χ4v) is 2.77. The van der Waals surface area contributed by atoms with Gasteiger partial charge in [0.1, 0.15) is 5.82 Å². The molecular weight excluding hydrogens is 261 g/mol. The van der Waals surface area contributed by atoms with Crippen molar-refractivity contribution in [3.8, 4) is 0 Å². The van der Waals surface area contributed by atoms with Gasteiger partial charge in [0.15, 0.2) is 0 Å². The fraction of sp³-hybridized carbons (Fsp3) is 0.250. The van der Waals surface area contributed by atoms with E-state index >= 15 is 0 Å². The Morgan fingerprint density at radius 3 is 2.26 bits per heavy atom. The molecule has 2 aromatic rings. The molecule has 0 radical (unpaired) electrons. The maximum atomic E-state index is 13.1. The molecule has 98 valence electrons. The van der Waals surface area contributed by atoms with Gasteiger partial charge in [0.2, 0.25) is 0 Å². The highest BCUT2D eigenvalue weighted by Gasteiger charge is 2.28. The number of rotatable bonds is 3. The second kappa shape index (κ2) is 5.32. The van der Waals surface area contributed by atoms with Gasteiger partial charge in [0.05, 0.1) is 6.04 Å². The lowest BCUT2D eigenvalue weighted by molar-refractivity contribution is 0.140. The average molecular weight is 276 g/mol. The third-order valence-electron chi connectivity index (χ3n) is 3.64. The topological polar surface area (TPSA) is 3.24 Å². The molecule has 1 aliphatic heterocycles. The summed E-state index contributed by atoms with van der Waals surface area (Å²) in [6.45, 7) is 2.13. The van der Waals surface area contributed by atoms with Gasteiger partial charge in [-0.15, -0.1) is 0 Å². The SMILES string of the molecule is Fc1ccc(C(c2ccccc2Cl)N2CCC2)cc1. The second-order valence-corrected chi connectivity index (χ2v) is 5.27. The molecule has 0 saturated carbocycles. The lowest BCUT2D eigenvalue weighted by Gasteiger charge is -2.39. The molecule has 3 rings (SSSR count). The highest BCUT2D eigenvalue weighted by atomic mass is 35.5. The molecule has 1 saturated heterocycles. The Hall–Kier alpha value is -1.38. The van der Waals surface area contributed by atoms with Crippen LogP contribution < -0.4 is 0 Å². The lowest BCUT2D eigenvalue weighted by Crippen LogP contribution is -2.40. The van der Waals surface area contributed by atoms with Gasteiger partial charge in [-0.2, -0.15) is 0 Å². The second-order valence-electron chi connectivity index (χ2n) is 4.87. The van der Waals surface area contributed by atoms with Crippen LogP contribution in [-0.4, -0.2) is 18.0 Å². The number of nitrogens with zero attached hydrogens (tertiary/aromatic N) is 1. The Bertz CT molecular complexity index is 563. The summed E-state index contributed by atoms with van der Waals surface area (Å²) in [7, 11) is 0. The van der Waals surface area contributed by atoms with Crippen LogP contribution in [0.3, 0.4) is 0 Å². The molecule has 0 amide bonds. The van der Waals surface area contributed by atoms with Gasteiger partial charge in [0, 0.05) is 18.1 Å². The molecule has 0 N–H and O–H groups in total. The van der Waals surface area contributed by atoms with Crippen LogP contribution in [0.15, 0.2) is 48.5 Å². The number of hydrogen-bond donors (Lipinski definition) is 0. The summed E-state index contributed by atoms with van der Waals surface area (Å²) >= 11 is 6.32. The van der Waals surface area contributed by atoms with Gasteiger partial charge in [0.25, 0.3) is 0 Å². The molecule has 1 fully saturated rings. The van der Waals surface area contributed by atoms with Crippen molar-refractivity contribution in [1.82, 2.24) is 4.90 Å². The molecule has 19 heavy (non-hydrogen) atoms. The van der Waals surface area contributed by atoms with Gasteiger partial charge in [-0.1, -0.05) is 41.9 Å². The van der Waals surface area contributed by atoms with Crippen molar-refractivity contribution < 1.29 is 4.39 Å². The minimum Gasteiger partial charge on any atom is -0.292 e. The summed E-state index contributed by atoms with van der Waals surface area (Å²) in [5, 5.41) is 0.767. The van der Waals surface area contributed by atoms with E-state index in [0.717, 1.165) is 29.2 Å². The number of benzene rings is 2. The van der Waals surface area contributed by atoms with Crippen molar-refractivity contribution in [2.45, 2.75) is 12.5 Å². The van der Waals surface area contributed by atoms with Crippen LogP contribution in [0.2, 0.25) is 5.02 Å². The molecular formula is C16H15ClFN. The van der Waals surface area contributed by atoms with E-state index in [-0.39, 0.29) is 11.9 Å². The molecule has 0 bridgehead atoms. The molecule has 1 nitrogen and oxygen atoms in total. The van der Waals surface area contributed by atoms with Crippen LogP contribution >= 0.6 is 11.6 Å². The third kappa shape index (κ3) is 2.51. The molecule has 0 aromatic heterocycles. The monoisotopic (exact) mass is 275 g/mol. The number of likely N-dealkylation sites (tertiary alicyclic amines) is 1. The molecule has 0 aliphatic carbocycles. The van der Waals surface area contributed by atoms with Gasteiger partial charge >= 0.3 is 0 Å². The Labute approximate surface area is 117 Å². The van der Waals surface area contributed by atoms with Crippen LogP contribution in [0, 0.1) is 5.82 Å². The number of hydrogen-bond acceptors (Lipinski definition) is 1. The Kier molecular flexibility index (Phi) is 3.54. The predicted octanol–water partition coefficient (Wildman–Crippen LogP) is 4.27. The largest absolute Gasteiger partial charge is 0.292 e. The third-order valence-corrected chi connectivity index (χ3v) is 3.99. The van der Waals surface area contributed by atoms with E-state index in [2.05, 4.69) is 11.0 Å². The van der Waals surface area contributed by atoms with Crippen molar-refractivity contribution in [2.75, 3.05) is 13.1 Å². The van der Waals surface area contributed by atoms with E-state index in [1.165, 1.54) is 18.6 Å². The van der Waals surface area contributed by atoms with Crippen molar-refractivity contribution in [3.05, 3.63) is 70.5 Å². The van der Waals surface area contributed by atoms with E-state index in [0.29, 0.717) is 0 Å². The van der Waals surface area contributed by atoms with Crippen molar-refractivity contribution in [2.24, 2.45) is 0 Å². The van der Waals surface area contributed by atoms with E-state index in [9.17, 15) is 4.39 Å². The molecule has 1 unspecified atom stereocenters. The minimum atomic E-state index is -0.203. The molecule has 2 aromatic carbocycles. The first kappa shape index (κ1) is 12.6. The molecule has 1 atom stereocenters. The van der Waals surface area contributed by atoms with Crippen molar-refractivity contribution >= 4 is 11.6 Å². The first-order chi connectivity index (χ1) is 9.25. The van der Waals surface area contributed by atoms with Gasteiger partial charge < -0.3 is 0 Å². The average Bonchev–Trinajstić information content (AvgIpc) is 2.36. The molecule has 1 heterocycles. The highest BCUT2D eigenvalue weighted by molar-refractivity contribution is 6.31. The van der Waals surface area contributed by atoms with E-state index < -0.39 is 0 Å². The maximum absolute atomic E-state index is 13.1.